The summed E-state index contributed by atoms with van der Waals surface area (Å²) in [7, 11) is 0. The normalized spacial score (nSPS) is 13.1. The van der Waals surface area contributed by atoms with Crippen molar-refractivity contribution < 1.29 is 9.72 Å². The number of nitro groups is 1. The molecule has 0 aliphatic heterocycles. The number of rotatable bonds is 11. The van der Waals surface area contributed by atoms with Crippen molar-refractivity contribution in [3.63, 3.8) is 0 Å². The van der Waals surface area contributed by atoms with E-state index >= 15 is 0 Å². The summed E-state index contributed by atoms with van der Waals surface area (Å²) in [6.45, 7) is 7.90. The van der Waals surface area contributed by atoms with Gasteiger partial charge < -0.3 is 10.2 Å². The van der Waals surface area contributed by atoms with Crippen LogP contribution >= 0.6 is 11.8 Å². The minimum absolute atomic E-state index is 0.0316. The third-order valence-electron chi connectivity index (χ3n) is 5.90. The van der Waals surface area contributed by atoms with Crippen LogP contribution in [0.5, 0.6) is 0 Å². The monoisotopic (exact) mass is 473 g/mol. The van der Waals surface area contributed by atoms with Crippen molar-refractivity contribution in [1.29, 1.82) is 0 Å². The van der Waals surface area contributed by atoms with Gasteiger partial charge in [0.2, 0.25) is 5.91 Å². The highest BCUT2D eigenvalue weighted by atomic mass is 32.2. The smallest absolute Gasteiger partial charge is 0.325 e. The summed E-state index contributed by atoms with van der Waals surface area (Å²) >= 11 is 1.28. The molecular formula is C23H31N5O4S. The number of anilines is 1. The van der Waals surface area contributed by atoms with Gasteiger partial charge in [-0.2, -0.15) is 4.98 Å². The second-order valence-corrected chi connectivity index (χ2v) is 8.97. The van der Waals surface area contributed by atoms with E-state index < -0.39 is 4.92 Å². The molecule has 3 rings (SSSR count). The van der Waals surface area contributed by atoms with E-state index in [0.29, 0.717) is 17.3 Å². The van der Waals surface area contributed by atoms with Gasteiger partial charge in [0.1, 0.15) is 5.03 Å². The van der Waals surface area contributed by atoms with Gasteiger partial charge in [-0.1, -0.05) is 25.6 Å². The van der Waals surface area contributed by atoms with Crippen molar-refractivity contribution in [2.75, 3.05) is 30.7 Å². The van der Waals surface area contributed by atoms with E-state index in [2.05, 4.69) is 29.0 Å². The first-order valence-electron chi connectivity index (χ1n) is 11.4. The summed E-state index contributed by atoms with van der Waals surface area (Å²) in [4.78, 5) is 42.2. The molecule has 0 unspecified atom stereocenters. The Kier molecular flexibility index (Phi) is 9.02. The van der Waals surface area contributed by atoms with Crippen molar-refractivity contribution in [1.82, 2.24) is 14.5 Å². The lowest BCUT2D eigenvalue weighted by Gasteiger charge is -2.23. The Hall–Kier alpha value is -2.72. The number of hydrogen-bond acceptors (Lipinski definition) is 7. The molecule has 2 aromatic rings. The van der Waals surface area contributed by atoms with Crippen LogP contribution < -0.4 is 11.0 Å². The average Bonchev–Trinajstić information content (AvgIpc) is 2.82. The summed E-state index contributed by atoms with van der Waals surface area (Å²) in [6, 6.07) is 5.70. The predicted molar refractivity (Wildman–Crippen MR) is 130 cm³/mol. The predicted octanol–water partition coefficient (Wildman–Crippen LogP) is 3.49. The van der Waals surface area contributed by atoms with Crippen LogP contribution in [-0.2, 0) is 24.2 Å². The number of non-ortho nitro benzene ring substituents is 1. The Bertz CT molecular complexity index is 1030. The Balaban J connectivity index is 1.66. The van der Waals surface area contributed by atoms with E-state index in [1.54, 1.807) is 0 Å². The third kappa shape index (κ3) is 6.64. The lowest BCUT2D eigenvalue weighted by atomic mass is 9.97. The van der Waals surface area contributed by atoms with Gasteiger partial charge in [-0.15, -0.1) is 0 Å². The summed E-state index contributed by atoms with van der Waals surface area (Å²) in [5, 5.41) is 14.1. The molecule has 0 bridgehead atoms. The molecule has 1 aromatic carbocycles. The fourth-order valence-corrected chi connectivity index (χ4v) is 4.96. The van der Waals surface area contributed by atoms with Gasteiger partial charge in [0.15, 0.2) is 0 Å². The molecular weight excluding hydrogens is 442 g/mol. The largest absolute Gasteiger partial charge is 0.348 e. The highest BCUT2D eigenvalue weighted by molar-refractivity contribution is 8.00. The number of nitrogens with one attached hydrogen (secondary N) is 1. The van der Waals surface area contributed by atoms with Crippen molar-refractivity contribution in [2.24, 2.45) is 0 Å². The summed E-state index contributed by atoms with van der Waals surface area (Å²) in [5.74, 6) is -0.134. The molecule has 1 aliphatic rings. The number of carbonyl (C=O) groups excluding carboxylic acids is 1. The summed E-state index contributed by atoms with van der Waals surface area (Å²) in [6.07, 6.45) is 4.73. The second-order valence-electron chi connectivity index (χ2n) is 8.00. The molecule has 1 aromatic heterocycles. The average molecular weight is 474 g/mol. The van der Waals surface area contributed by atoms with E-state index in [4.69, 9.17) is 0 Å². The molecule has 0 saturated heterocycles. The molecule has 178 valence electrons. The number of amides is 1. The standard InChI is InChI=1S/C23H31N5O4S/c1-3-26(4-2)14-7-15-27-20-9-6-5-8-19(20)22(25-23(27)30)33-16-21(29)24-17-10-12-18(13-11-17)28(31)32/h10-13H,3-9,14-16H2,1-2H3,(H,24,29). The van der Waals surface area contributed by atoms with Crippen LogP contribution in [0.3, 0.4) is 0 Å². The van der Waals surface area contributed by atoms with Crippen LogP contribution in [0, 0.1) is 10.1 Å². The number of carbonyl (C=O) groups is 1. The molecule has 0 saturated carbocycles. The van der Waals surface area contributed by atoms with Crippen LogP contribution in [0.15, 0.2) is 34.1 Å². The first-order valence-corrected chi connectivity index (χ1v) is 12.4. The minimum Gasteiger partial charge on any atom is -0.325 e. The van der Waals surface area contributed by atoms with E-state index in [1.807, 2.05) is 4.57 Å². The van der Waals surface area contributed by atoms with Gasteiger partial charge in [-0.25, -0.2) is 4.79 Å². The lowest BCUT2D eigenvalue weighted by molar-refractivity contribution is -0.384. The van der Waals surface area contributed by atoms with Gasteiger partial charge >= 0.3 is 5.69 Å². The molecule has 9 nitrogen and oxygen atoms in total. The number of nitro benzene ring substituents is 1. The fraction of sp³-hybridized carbons (Fsp3) is 0.522. The highest BCUT2D eigenvalue weighted by Gasteiger charge is 2.21. The Morgan fingerprint density at radius 2 is 1.91 bits per heavy atom. The number of hydrogen-bond donors (Lipinski definition) is 1. The van der Waals surface area contributed by atoms with Crippen LogP contribution in [0.25, 0.3) is 0 Å². The second kappa shape index (κ2) is 11.9. The molecule has 1 aliphatic carbocycles. The zero-order valence-corrected chi connectivity index (χ0v) is 20.0. The Morgan fingerprint density at radius 1 is 1.21 bits per heavy atom. The van der Waals surface area contributed by atoms with Crippen LogP contribution in [0.1, 0.15) is 44.4 Å². The first-order chi connectivity index (χ1) is 15.9. The topological polar surface area (TPSA) is 110 Å². The van der Waals surface area contributed by atoms with Crippen LogP contribution in [0.4, 0.5) is 11.4 Å². The van der Waals surface area contributed by atoms with Crippen molar-refractivity contribution >= 4 is 29.0 Å². The quantitative estimate of drug-likeness (QED) is 0.230. The fourth-order valence-electron chi connectivity index (χ4n) is 4.09. The number of benzene rings is 1. The first kappa shape index (κ1) is 24.9. The van der Waals surface area contributed by atoms with Gasteiger partial charge in [-0.3, -0.25) is 19.5 Å². The molecule has 10 heteroatoms. The number of aromatic nitrogens is 2. The molecule has 0 atom stereocenters. The minimum atomic E-state index is -0.484. The Morgan fingerprint density at radius 3 is 2.58 bits per heavy atom. The SMILES string of the molecule is CCN(CC)CCCn1c2c(c(SCC(=O)Nc3ccc([N+](=O)[O-])cc3)nc1=O)CCCC2. The summed E-state index contributed by atoms with van der Waals surface area (Å²) < 4.78 is 1.83. The van der Waals surface area contributed by atoms with E-state index in [9.17, 15) is 19.7 Å². The Labute approximate surface area is 197 Å². The zero-order chi connectivity index (χ0) is 23.8. The maximum atomic E-state index is 12.8. The molecule has 1 amide bonds. The highest BCUT2D eigenvalue weighted by Crippen LogP contribution is 2.28. The van der Waals surface area contributed by atoms with E-state index in [0.717, 1.165) is 63.0 Å². The van der Waals surface area contributed by atoms with Crippen LogP contribution in [0.2, 0.25) is 0 Å². The van der Waals surface area contributed by atoms with Gasteiger partial charge in [0, 0.05) is 35.6 Å². The maximum Gasteiger partial charge on any atom is 0.348 e. The number of nitrogens with zero attached hydrogens (tertiary/aromatic N) is 4. The third-order valence-corrected chi connectivity index (χ3v) is 6.92. The molecule has 0 spiro atoms. The molecule has 1 heterocycles. The van der Waals surface area contributed by atoms with Crippen molar-refractivity contribution in [3.8, 4) is 0 Å². The van der Waals surface area contributed by atoms with Gasteiger partial charge in [-0.05, 0) is 63.9 Å². The maximum absolute atomic E-state index is 12.8. The van der Waals surface area contributed by atoms with Crippen molar-refractivity contribution in [3.05, 3.63) is 56.1 Å². The summed E-state index contributed by atoms with van der Waals surface area (Å²) in [5.41, 5.74) is 2.38. The molecule has 1 N–H and O–H groups in total. The van der Waals surface area contributed by atoms with Crippen molar-refractivity contribution in [2.45, 2.75) is 57.5 Å². The number of fused-ring (bicyclic) bond motifs is 1. The van der Waals surface area contributed by atoms with Gasteiger partial charge in [0.05, 0.1) is 10.7 Å². The van der Waals surface area contributed by atoms with Gasteiger partial charge in [0.25, 0.3) is 5.69 Å². The molecule has 0 fully saturated rings. The molecule has 0 radical (unpaired) electrons. The van der Waals surface area contributed by atoms with E-state index in [-0.39, 0.29) is 23.0 Å². The number of thioether (sulfide) groups is 1. The van der Waals surface area contributed by atoms with E-state index in [1.165, 1.54) is 36.0 Å². The molecule has 33 heavy (non-hydrogen) atoms. The van der Waals surface area contributed by atoms with Crippen LogP contribution in [-0.4, -0.2) is 50.7 Å². The lowest BCUT2D eigenvalue weighted by Crippen LogP contribution is -2.32. The zero-order valence-electron chi connectivity index (χ0n) is 19.2.